The van der Waals surface area contributed by atoms with Crippen molar-refractivity contribution in [1.82, 2.24) is 10.2 Å². The average molecular weight is 535 g/mol. The third-order valence-electron chi connectivity index (χ3n) is 7.28. The van der Waals surface area contributed by atoms with E-state index in [1.165, 1.54) is 11.8 Å². The van der Waals surface area contributed by atoms with E-state index in [2.05, 4.69) is 5.32 Å². The zero-order chi connectivity index (χ0) is 26.0. The van der Waals surface area contributed by atoms with Crippen molar-refractivity contribution in [2.24, 2.45) is 5.41 Å². The van der Waals surface area contributed by atoms with E-state index in [4.69, 9.17) is 11.6 Å². The highest BCUT2D eigenvalue weighted by Gasteiger charge is 2.64. The molecule has 0 radical (unpaired) electrons. The van der Waals surface area contributed by atoms with E-state index in [-0.39, 0.29) is 35.2 Å². The van der Waals surface area contributed by atoms with Crippen LogP contribution in [0.2, 0.25) is 0 Å². The molecule has 2 aliphatic heterocycles. The van der Waals surface area contributed by atoms with Gasteiger partial charge >= 0.3 is 5.97 Å². The number of halogens is 1. The number of alkyl halides is 1. The Kier molecular flexibility index (Phi) is 7.26. The maximum atomic E-state index is 13.6. The van der Waals surface area contributed by atoms with E-state index in [0.717, 1.165) is 16.7 Å². The number of carbonyl (C=O) groups excluding carboxylic acids is 2. The van der Waals surface area contributed by atoms with Gasteiger partial charge in [0.15, 0.2) is 0 Å². The van der Waals surface area contributed by atoms with Gasteiger partial charge in [0.25, 0.3) is 0 Å². The van der Waals surface area contributed by atoms with Crippen molar-refractivity contribution in [1.29, 1.82) is 0 Å². The first-order valence-electron chi connectivity index (χ1n) is 12.1. The molecule has 0 bridgehead atoms. The summed E-state index contributed by atoms with van der Waals surface area (Å²) in [5, 5.41) is 13.0. The molecule has 190 valence electrons. The Bertz CT molecular complexity index is 1240. The smallest absolute Gasteiger partial charge is 0.313 e. The number of β-lactam (4-membered cyclic amide) rings is 1. The molecule has 6 nitrogen and oxygen atoms in total. The number of aliphatic carboxylic acids is 1. The maximum Gasteiger partial charge on any atom is 0.313 e. The Balaban J connectivity index is 1.50. The zero-order valence-electron chi connectivity index (χ0n) is 20.0. The number of fused-ring (bicyclic) bond motifs is 1. The second-order valence-corrected chi connectivity index (χ2v) is 10.9. The fraction of sp³-hybridized carbons (Fsp3) is 0.276. The van der Waals surface area contributed by atoms with Crippen molar-refractivity contribution in [2.45, 2.75) is 29.8 Å². The summed E-state index contributed by atoms with van der Waals surface area (Å²) in [6.45, 7) is 0. The number of carbonyl (C=O) groups is 3. The highest BCUT2D eigenvalue weighted by Crippen LogP contribution is 2.52. The molecule has 0 spiro atoms. The first-order chi connectivity index (χ1) is 18.0. The minimum atomic E-state index is -1.37. The van der Waals surface area contributed by atoms with Crippen molar-refractivity contribution in [3.8, 4) is 0 Å². The number of thioether (sulfide) groups is 1. The molecule has 2 fully saturated rings. The Morgan fingerprint density at radius 3 is 2.03 bits per heavy atom. The van der Waals surface area contributed by atoms with Crippen LogP contribution in [-0.4, -0.2) is 56.9 Å². The number of benzene rings is 3. The van der Waals surface area contributed by atoms with Gasteiger partial charge in [0.05, 0.1) is 12.5 Å². The maximum absolute atomic E-state index is 13.6. The van der Waals surface area contributed by atoms with Gasteiger partial charge in [0.1, 0.15) is 16.8 Å². The lowest BCUT2D eigenvalue weighted by Crippen LogP contribution is -2.78. The largest absolute Gasteiger partial charge is 0.481 e. The van der Waals surface area contributed by atoms with E-state index in [1.54, 1.807) is 4.90 Å². The number of carboxylic acids is 1. The lowest BCUT2D eigenvalue weighted by molar-refractivity contribution is -0.165. The van der Waals surface area contributed by atoms with Gasteiger partial charge in [-0.2, -0.15) is 0 Å². The van der Waals surface area contributed by atoms with Crippen LogP contribution in [-0.2, 0) is 20.8 Å². The van der Waals surface area contributed by atoms with Crippen LogP contribution in [0.4, 0.5) is 0 Å². The highest BCUT2D eigenvalue weighted by molar-refractivity contribution is 8.00. The zero-order valence-corrected chi connectivity index (χ0v) is 21.6. The minimum absolute atomic E-state index is 0.141. The molecule has 0 aliphatic carbocycles. The Morgan fingerprint density at radius 2 is 1.51 bits per heavy atom. The summed E-state index contributed by atoms with van der Waals surface area (Å²) in [5.41, 5.74) is 1.31. The van der Waals surface area contributed by atoms with Gasteiger partial charge in [-0.1, -0.05) is 91.0 Å². The summed E-state index contributed by atoms with van der Waals surface area (Å²) < 4.78 is 0. The van der Waals surface area contributed by atoms with Crippen molar-refractivity contribution in [3.05, 3.63) is 108 Å². The molecule has 8 heteroatoms. The van der Waals surface area contributed by atoms with Crippen LogP contribution >= 0.6 is 23.4 Å². The summed E-state index contributed by atoms with van der Waals surface area (Å²) >= 11 is 7.81. The van der Waals surface area contributed by atoms with Crippen LogP contribution in [0.5, 0.6) is 0 Å². The van der Waals surface area contributed by atoms with Gasteiger partial charge in [0.2, 0.25) is 11.8 Å². The molecule has 3 unspecified atom stereocenters. The number of nitrogens with one attached hydrogen (secondary N) is 1. The Morgan fingerprint density at radius 1 is 0.973 bits per heavy atom. The van der Waals surface area contributed by atoms with E-state index < -0.39 is 29.4 Å². The molecule has 37 heavy (non-hydrogen) atoms. The van der Waals surface area contributed by atoms with Crippen LogP contribution in [0.3, 0.4) is 0 Å². The van der Waals surface area contributed by atoms with Gasteiger partial charge in [-0.25, -0.2) is 0 Å². The topological polar surface area (TPSA) is 86.7 Å². The number of nitrogens with zero attached hydrogens (tertiary/aromatic N) is 1. The molecule has 0 saturated carbocycles. The van der Waals surface area contributed by atoms with Crippen LogP contribution in [0.15, 0.2) is 91.0 Å². The lowest BCUT2D eigenvalue weighted by atomic mass is 9.69. The van der Waals surface area contributed by atoms with E-state index >= 15 is 0 Å². The molecule has 4 atom stereocenters. The summed E-state index contributed by atoms with van der Waals surface area (Å²) in [7, 11) is 0. The molecule has 3 aromatic carbocycles. The van der Waals surface area contributed by atoms with E-state index in [9.17, 15) is 19.5 Å². The van der Waals surface area contributed by atoms with Crippen molar-refractivity contribution in [2.75, 3.05) is 11.6 Å². The SMILES string of the molecule is O=C(Cc1ccccc1)NC1C(=O)N2C(C(c3ccccc3)c3ccccc3)C(CCl)(C(=O)O)CS[C@H]12. The highest BCUT2D eigenvalue weighted by atomic mass is 35.5. The number of carboxylic acid groups (broad SMARTS) is 1. The molecular weight excluding hydrogens is 508 g/mol. The van der Waals surface area contributed by atoms with Crippen LogP contribution < -0.4 is 5.32 Å². The first-order valence-corrected chi connectivity index (χ1v) is 13.7. The molecule has 2 aliphatic rings. The molecule has 2 heterocycles. The predicted octanol–water partition coefficient (Wildman–Crippen LogP) is 4.14. The Labute approximate surface area is 225 Å². The van der Waals surface area contributed by atoms with Crippen molar-refractivity contribution in [3.63, 3.8) is 0 Å². The summed E-state index contributed by atoms with van der Waals surface area (Å²) in [6, 6.07) is 27.2. The van der Waals surface area contributed by atoms with Crippen molar-refractivity contribution >= 4 is 41.1 Å². The van der Waals surface area contributed by atoms with Gasteiger partial charge in [0, 0.05) is 17.6 Å². The third-order valence-corrected chi connectivity index (χ3v) is 9.28. The number of hydrogen-bond acceptors (Lipinski definition) is 4. The molecule has 3 aromatic rings. The molecule has 0 aromatic heterocycles. The van der Waals surface area contributed by atoms with Gasteiger partial charge in [-0.15, -0.1) is 23.4 Å². The lowest BCUT2D eigenvalue weighted by Gasteiger charge is -2.60. The van der Waals surface area contributed by atoms with E-state index in [1.807, 2.05) is 91.0 Å². The third kappa shape index (κ3) is 4.62. The quantitative estimate of drug-likeness (QED) is 0.335. The molecule has 2 N–H and O–H groups in total. The van der Waals surface area contributed by atoms with E-state index in [0.29, 0.717) is 0 Å². The van der Waals surface area contributed by atoms with Crippen LogP contribution in [0.1, 0.15) is 22.6 Å². The molecule has 2 saturated heterocycles. The van der Waals surface area contributed by atoms with Crippen molar-refractivity contribution < 1.29 is 19.5 Å². The number of amides is 2. The second-order valence-electron chi connectivity index (χ2n) is 9.49. The van der Waals surface area contributed by atoms with Crippen LogP contribution in [0.25, 0.3) is 0 Å². The molecular formula is C29H27ClN2O4S. The fourth-order valence-corrected chi connectivity index (χ4v) is 7.52. The van der Waals surface area contributed by atoms with Gasteiger partial charge in [-0.05, 0) is 16.7 Å². The molecule has 2 amide bonds. The van der Waals surface area contributed by atoms with Gasteiger partial charge < -0.3 is 15.3 Å². The number of rotatable bonds is 8. The summed E-state index contributed by atoms with van der Waals surface area (Å²) in [5.74, 6) is -1.87. The Hall–Kier alpha value is -3.29. The summed E-state index contributed by atoms with van der Waals surface area (Å²) in [4.78, 5) is 40.9. The minimum Gasteiger partial charge on any atom is -0.481 e. The summed E-state index contributed by atoms with van der Waals surface area (Å²) in [6.07, 6.45) is 0.169. The van der Waals surface area contributed by atoms with Gasteiger partial charge in [-0.3, -0.25) is 14.4 Å². The average Bonchev–Trinajstić information content (AvgIpc) is 2.93. The second kappa shape index (κ2) is 10.6. The fourth-order valence-electron chi connectivity index (χ4n) is 5.40. The standard InChI is InChI=1S/C29H27ClN2O4S/c30-17-29(28(35)36)18-37-27-24(31-22(33)16-19-10-4-1-5-11-19)26(34)32(27)25(29)23(20-12-6-2-7-13-20)21-14-8-3-9-15-21/h1-15,23-25,27H,16-18H2,(H,31,33)(H,35,36)/t24?,25?,27-,29?/m1/s1. The first kappa shape index (κ1) is 25.4. The monoisotopic (exact) mass is 534 g/mol. The molecule has 5 rings (SSSR count). The number of hydrogen-bond donors (Lipinski definition) is 2. The predicted molar refractivity (Wildman–Crippen MR) is 144 cm³/mol. The van der Waals surface area contributed by atoms with Crippen LogP contribution in [0, 0.1) is 5.41 Å². The normalized spacial score (nSPS) is 24.8.